The monoisotopic (exact) mass is 258 g/mol. The molecule has 19 heavy (non-hydrogen) atoms. The molecule has 2 aliphatic rings. The number of ether oxygens (including phenoxy) is 1. The Morgan fingerprint density at radius 3 is 3.21 bits per heavy atom. The minimum atomic E-state index is -0.162. The summed E-state index contributed by atoms with van der Waals surface area (Å²) >= 11 is 0. The summed E-state index contributed by atoms with van der Waals surface area (Å²) in [6, 6.07) is 4.53. The van der Waals surface area contributed by atoms with Crippen molar-refractivity contribution in [2.75, 3.05) is 6.61 Å². The molecule has 3 heterocycles. The van der Waals surface area contributed by atoms with Crippen LogP contribution < -0.4 is 0 Å². The highest BCUT2D eigenvalue weighted by Gasteiger charge is 2.46. The molecule has 0 radical (unpaired) electrons. The molecule has 3 rings (SSSR count). The molecule has 2 unspecified atom stereocenters. The van der Waals surface area contributed by atoms with Crippen LogP contribution in [-0.4, -0.2) is 34.7 Å². The Kier molecular flexibility index (Phi) is 3.23. The third kappa shape index (κ3) is 2.23. The van der Waals surface area contributed by atoms with Gasteiger partial charge in [-0.25, -0.2) is 4.79 Å². The van der Waals surface area contributed by atoms with E-state index in [0.29, 0.717) is 12.6 Å². The van der Waals surface area contributed by atoms with Crippen molar-refractivity contribution >= 4 is 12.2 Å². The van der Waals surface area contributed by atoms with E-state index >= 15 is 0 Å². The first-order valence-electron chi connectivity index (χ1n) is 6.85. The zero-order chi connectivity index (χ0) is 13.2. The van der Waals surface area contributed by atoms with Crippen molar-refractivity contribution in [1.29, 1.82) is 0 Å². The second kappa shape index (κ2) is 5.03. The fraction of sp³-hybridized carbons (Fsp3) is 0.467. The van der Waals surface area contributed by atoms with Gasteiger partial charge >= 0.3 is 6.09 Å². The maximum Gasteiger partial charge on any atom is 0.410 e. The number of carbonyl (C=O) groups is 1. The lowest BCUT2D eigenvalue weighted by atomic mass is 9.93. The van der Waals surface area contributed by atoms with E-state index in [1.54, 1.807) is 6.20 Å². The Balaban J connectivity index is 1.81. The molecular weight excluding hydrogens is 240 g/mol. The number of carbonyl (C=O) groups excluding carboxylic acids is 1. The summed E-state index contributed by atoms with van der Waals surface area (Å²) < 4.78 is 5.15. The van der Waals surface area contributed by atoms with Crippen LogP contribution >= 0.6 is 0 Å². The summed E-state index contributed by atoms with van der Waals surface area (Å²) in [6.45, 7) is 2.29. The summed E-state index contributed by atoms with van der Waals surface area (Å²) in [5.74, 6) is 0. The predicted octanol–water partition coefficient (Wildman–Crippen LogP) is 2.86. The molecule has 4 heteroatoms. The van der Waals surface area contributed by atoms with Crippen LogP contribution in [0.4, 0.5) is 4.79 Å². The minimum absolute atomic E-state index is 0.162. The van der Waals surface area contributed by atoms with Gasteiger partial charge in [-0.1, -0.05) is 12.1 Å². The molecule has 100 valence electrons. The molecule has 1 aromatic heterocycles. The standard InChI is InChI=1S/C15H18N2O2/c1-2-19-15(18)17-13-5-6-14(17)12(9-13)8-11-4-3-7-16-10-11/h3-4,7-8,10,13-14H,2,5-6,9H2,1H3/b12-8-. The molecule has 1 aromatic rings. The van der Waals surface area contributed by atoms with Gasteiger partial charge in [0.25, 0.3) is 0 Å². The third-order valence-electron chi connectivity index (χ3n) is 3.92. The van der Waals surface area contributed by atoms with Crippen LogP contribution in [0.15, 0.2) is 30.1 Å². The van der Waals surface area contributed by atoms with Crippen LogP contribution in [0.2, 0.25) is 0 Å². The number of aromatic nitrogens is 1. The van der Waals surface area contributed by atoms with E-state index in [0.717, 1.165) is 24.8 Å². The summed E-state index contributed by atoms with van der Waals surface area (Å²) in [4.78, 5) is 18.0. The average molecular weight is 258 g/mol. The van der Waals surface area contributed by atoms with Gasteiger partial charge in [-0.3, -0.25) is 9.88 Å². The van der Waals surface area contributed by atoms with Crippen molar-refractivity contribution in [1.82, 2.24) is 9.88 Å². The molecule has 0 N–H and O–H groups in total. The summed E-state index contributed by atoms with van der Waals surface area (Å²) in [5, 5.41) is 0. The van der Waals surface area contributed by atoms with Gasteiger partial charge in [0.15, 0.2) is 0 Å². The SMILES string of the molecule is CCOC(=O)N1C2CCC1/C(=C\c1cccnc1)C2. The van der Waals surface area contributed by atoms with Gasteiger partial charge in [-0.15, -0.1) is 0 Å². The number of pyridine rings is 1. The molecule has 2 aliphatic heterocycles. The van der Waals surface area contributed by atoms with E-state index < -0.39 is 0 Å². The van der Waals surface area contributed by atoms with Gasteiger partial charge in [0.2, 0.25) is 0 Å². The zero-order valence-electron chi connectivity index (χ0n) is 11.1. The van der Waals surface area contributed by atoms with Crippen molar-refractivity contribution in [2.45, 2.75) is 38.3 Å². The van der Waals surface area contributed by atoms with Crippen molar-refractivity contribution in [2.24, 2.45) is 0 Å². The summed E-state index contributed by atoms with van der Waals surface area (Å²) in [6.07, 6.45) is 8.75. The molecule has 0 aliphatic carbocycles. The maximum atomic E-state index is 12.0. The first kappa shape index (κ1) is 12.2. The number of fused-ring (bicyclic) bond motifs is 2. The van der Waals surface area contributed by atoms with E-state index in [4.69, 9.17) is 4.74 Å². The van der Waals surface area contributed by atoms with E-state index in [1.165, 1.54) is 5.57 Å². The molecule has 1 amide bonds. The van der Waals surface area contributed by atoms with Gasteiger partial charge in [0, 0.05) is 18.4 Å². The minimum Gasteiger partial charge on any atom is -0.450 e. The van der Waals surface area contributed by atoms with Crippen LogP contribution in [0, 0.1) is 0 Å². The molecule has 2 bridgehead atoms. The van der Waals surface area contributed by atoms with Gasteiger partial charge in [-0.2, -0.15) is 0 Å². The number of hydrogen-bond donors (Lipinski definition) is 0. The van der Waals surface area contributed by atoms with Crippen molar-refractivity contribution in [3.05, 3.63) is 35.7 Å². The van der Waals surface area contributed by atoms with Crippen LogP contribution in [0.5, 0.6) is 0 Å². The fourth-order valence-electron chi connectivity index (χ4n) is 3.16. The van der Waals surface area contributed by atoms with Crippen molar-refractivity contribution in [3.8, 4) is 0 Å². The fourth-order valence-corrected chi connectivity index (χ4v) is 3.16. The largest absolute Gasteiger partial charge is 0.450 e. The van der Waals surface area contributed by atoms with Crippen molar-refractivity contribution in [3.63, 3.8) is 0 Å². The van der Waals surface area contributed by atoms with Crippen LogP contribution in [0.1, 0.15) is 31.7 Å². The average Bonchev–Trinajstić information content (AvgIpc) is 2.97. The highest BCUT2D eigenvalue weighted by atomic mass is 16.6. The Bertz CT molecular complexity index is 498. The Morgan fingerprint density at radius 2 is 2.47 bits per heavy atom. The lowest BCUT2D eigenvalue weighted by molar-refractivity contribution is 0.103. The van der Waals surface area contributed by atoms with Gasteiger partial charge in [0.05, 0.1) is 12.6 Å². The highest BCUT2D eigenvalue weighted by molar-refractivity contribution is 5.72. The smallest absolute Gasteiger partial charge is 0.410 e. The molecule has 4 nitrogen and oxygen atoms in total. The maximum absolute atomic E-state index is 12.0. The van der Waals surface area contributed by atoms with Crippen LogP contribution in [-0.2, 0) is 4.74 Å². The summed E-state index contributed by atoms with van der Waals surface area (Å²) in [7, 11) is 0. The second-order valence-electron chi connectivity index (χ2n) is 5.06. The Labute approximate surface area is 113 Å². The van der Waals surface area contributed by atoms with E-state index in [-0.39, 0.29) is 12.1 Å². The third-order valence-corrected chi connectivity index (χ3v) is 3.92. The number of amides is 1. The lowest BCUT2D eigenvalue weighted by Crippen LogP contribution is -2.35. The first-order valence-corrected chi connectivity index (χ1v) is 6.85. The Morgan fingerprint density at radius 1 is 1.58 bits per heavy atom. The van der Waals surface area contributed by atoms with Crippen molar-refractivity contribution < 1.29 is 9.53 Å². The molecule has 2 atom stereocenters. The van der Waals surface area contributed by atoms with Gasteiger partial charge < -0.3 is 4.74 Å². The van der Waals surface area contributed by atoms with E-state index in [1.807, 2.05) is 30.2 Å². The van der Waals surface area contributed by atoms with Gasteiger partial charge in [0.1, 0.15) is 0 Å². The van der Waals surface area contributed by atoms with E-state index in [2.05, 4.69) is 11.1 Å². The van der Waals surface area contributed by atoms with Crippen LogP contribution in [0.3, 0.4) is 0 Å². The molecule has 0 aromatic carbocycles. The Hall–Kier alpha value is -1.84. The first-order chi connectivity index (χ1) is 9.29. The highest BCUT2D eigenvalue weighted by Crippen LogP contribution is 2.42. The number of hydrogen-bond acceptors (Lipinski definition) is 3. The molecule has 2 fully saturated rings. The molecule has 0 spiro atoms. The topological polar surface area (TPSA) is 42.4 Å². The number of nitrogens with zero attached hydrogens (tertiary/aromatic N) is 2. The predicted molar refractivity (Wildman–Crippen MR) is 72.5 cm³/mol. The summed E-state index contributed by atoms with van der Waals surface area (Å²) in [5.41, 5.74) is 2.44. The second-order valence-corrected chi connectivity index (χ2v) is 5.06. The van der Waals surface area contributed by atoms with Gasteiger partial charge in [-0.05, 0) is 43.4 Å². The quantitative estimate of drug-likeness (QED) is 0.819. The normalized spacial score (nSPS) is 27.0. The molecule has 0 saturated carbocycles. The van der Waals surface area contributed by atoms with E-state index in [9.17, 15) is 4.79 Å². The number of rotatable bonds is 2. The lowest BCUT2D eigenvalue weighted by Gasteiger charge is -2.20. The zero-order valence-corrected chi connectivity index (χ0v) is 11.1. The van der Waals surface area contributed by atoms with Crippen LogP contribution in [0.25, 0.3) is 6.08 Å². The molecular formula is C15H18N2O2. The molecule has 2 saturated heterocycles.